The van der Waals surface area contributed by atoms with Gasteiger partial charge in [-0.3, -0.25) is 4.79 Å². The molecule has 2 aromatic heterocycles. The molecule has 6 nitrogen and oxygen atoms in total. The van der Waals surface area contributed by atoms with Crippen molar-refractivity contribution in [1.29, 1.82) is 0 Å². The van der Waals surface area contributed by atoms with E-state index in [4.69, 9.17) is 4.74 Å². The second-order valence-corrected chi connectivity index (χ2v) is 9.80. The number of imidazole rings is 2. The molecule has 0 fully saturated rings. The van der Waals surface area contributed by atoms with E-state index in [9.17, 15) is 18.0 Å². The van der Waals surface area contributed by atoms with E-state index < -0.39 is 17.7 Å². The van der Waals surface area contributed by atoms with Crippen molar-refractivity contribution in [2.75, 3.05) is 0 Å². The van der Waals surface area contributed by atoms with Crippen LogP contribution in [0.4, 0.5) is 13.2 Å². The van der Waals surface area contributed by atoms with E-state index in [0.29, 0.717) is 12.2 Å². The number of aromatic nitrogens is 4. The highest BCUT2D eigenvalue weighted by Crippen LogP contribution is 2.36. The molecular formula is C31H37F3N4O2. The Balaban J connectivity index is 0.000000230. The first-order valence-electron chi connectivity index (χ1n) is 13.4. The van der Waals surface area contributed by atoms with Crippen molar-refractivity contribution >= 4 is 5.97 Å². The van der Waals surface area contributed by atoms with Crippen LogP contribution < -0.4 is 0 Å². The largest absolute Gasteiger partial charge is 0.444 e. The number of aromatic amines is 1. The molecule has 0 saturated carbocycles. The molecule has 0 aliphatic carbocycles. The molecular weight excluding hydrogens is 517 g/mol. The molecule has 40 heavy (non-hydrogen) atoms. The van der Waals surface area contributed by atoms with Gasteiger partial charge in [-0.2, -0.15) is 13.2 Å². The van der Waals surface area contributed by atoms with Crippen LogP contribution >= 0.6 is 0 Å². The molecule has 4 aromatic rings. The predicted molar refractivity (Wildman–Crippen MR) is 149 cm³/mol. The lowest BCUT2D eigenvalue weighted by atomic mass is 9.93. The van der Waals surface area contributed by atoms with Gasteiger partial charge in [-0.05, 0) is 48.6 Å². The number of hydrogen-bond acceptors (Lipinski definition) is 4. The Hall–Kier alpha value is -3.88. The first kappa shape index (κ1) is 30.7. The molecule has 9 heteroatoms. The predicted octanol–water partition coefficient (Wildman–Crippen LogP) is 7.92. The van der Waals surface area contributed by atoms with Crippen molar-refractivity contribution in [2.24, 2.45) is 0 Å². The molecule has 0 radical (unpaired) electrons. The van der Waals surface area contributed by atoms with Crippen molar-refractivity contribution in [2.45, 2.75) is 78.6 Å². The summed E-state index contributed by atoms with van der Waals surface area (Å²) in [7, 11) is 0. The fourth-order valence-electron chi connectivity index (χ4n) is 4.52. The summed E-state index contributed by atoms with van der Waals surface area (Å²) in [5.74, 6) is 1.04. The highest BCUT2D eigenvalue weighted by atomic mass is 19.4. The summed E-state index contributed by atoms with van der Waals surface area (Å²) >= 11 is 0. The first-order chi connectivity index (χ1) is 19.0. The van der Waals surface area contributed by atoms with Gasteiger partial charge in [0.05, 0.1) is 5.56 Å². The fourth-order valence-corrected chi connectivity index (χ4v) is 4.52. The number of aryl methyl sites for hydroxylation is 1. The quantitative estimate of drug-likeness (QED) is 0.213. The van der Waals surface area contributed by atoms with Crippen LogP contribution in [-0.4, -0.2) is 25.5 Å². The zero-order valence-electron chi connectivity index (χ0n) is 23.6. The number of unbranched alkanes of at least 4 members (excludes halogenated alkanes) is 1. The average molecular weight is 555 g/mol. The zero-order valence-corrected chi connectivity index (χ0v) is 23.6. The molecule has 0 spiro atoms. The molecule has 214 valence electrons. The van der Waals surface area contributed by atoms with Crippen LogP contribution in [0.3, 0.4) is 0 Å². The lowest BCUT2D eigenvalue weighted by Gasteiger charge is -2.17. The third-order valence-electron chi connectivity index (χ3n) is 7.01. The molecule has 0 aliphatic rings. The summed E-state index contributed by atoms with van der Waals surface area (Å²) in [5.41, 5.74) is 3.45. The van der Waals surface area contributed by atoms with Crippen molar-refractivity contribution < 1.29 is 22.7 Å². The summed E-state index contributed by atoms with van der Waals surface area (Å²) in [5, 5.41) is 0. The van der Waals surface area contributed by atoms with Crippen LogP contribution in [0.1, 0.15) is 91.3 Å². The van der Waals surface area contributed by atoms with Gasteiger partial charge in [-0.15, -0.1) is 0 Å². The number of carbonyl (C=O) groups is 1. The maximum absolute atomic E-state index is 12.8. The van der Waals surface area contributed by atoms with E-state index >= 15 is 0 Å². The Morgan fingerprint density at radius 1 is 1.00 bits per heavy atom. The SMILES string of the molecule is CC(c1ncc[nH]1)c1ccccc1C(F)(F)F.CCCCC(=O)OCn1ccnc1C(C)c1cccc(C)c1C. The van der Waals surface area contributed by atoms with Gasteiger partial charge in [-0.25, -0.2) is 9.97 Å². The second kappa shape index (κ2) is 14.0. The number of alkyl halides is 3. The number of rotatable bonds is 9. The summed E-state index contributed by atoms with van der Waals surface area (Å²) in [6.45, 7) is 10.4. The molecule has 2 atom stereocenters. The van der Waals surface area contributed by atoms with Crippen LogP contribution in [0.25, 0.3) is 0 Å². The van der Waals surface area contributed by atoms with E-state index in [1.165, 1.54) is 35.0 Å². The van der Waals surface area contributed by atoms with Gasteiger partial charge in [0.15, 0.2) is 6.73 Å². The lowest BCUT2D eigenvalue weighted by Crippen LogP contribution is -2.14. The molecule has 2 aromatic carbocycles. The Morgan fingerprint density at radius 2 is 1.73 bits per heavy atom. The Morgan fingerprint density at radius 3 is 2.40 bits per heavy atom. The minimum Gasteiger partial charge on any atom is -0.444 e. The van der Waals surface area contributed by atoms with Crippen LogP contribution in [0.5, 0.6) is 0 Å². The Bertz CT molecular complexity index is 1360. The smallest absolute Gasteiger partial charge is 0.416 e. The Kier molecular flexibility index (Phi) is 10.7. The minimum absolute atomic E-state index is 0.147. The van der Waals surface area contributed by atoms with Crippen LogP contribution in [0.2, 0.25) is 0 Å². The van der Waals surface area contributed by atoms with Crippen molar-refractivity contribution in [3.8, 4) is 0 Å². The minimum atomic E-state index is -4.34. The van der Waals surface area contributed by atoms with E-state index in [1.807, 2.05) is 10.8 Å². The van der Waals surface area contributed by atoms with Gasteiger partial charge in [0.25, 0.3) is 0 Å². The molecule has 0 amide bonds. The second-order valence-electron chi connectivity index (χ2n) is 9.80. The van der Waals surface area contributed by atoms with Crippen molar-refractivity contribution in [3.05, 3.63) is 107 Å². The number of hydrogen-bond donors (Lipinski definition) is 1. The number of nitrogens with one attached hydrogen (secondary N) is 1. The molecule has 2 heterocycles. The fraction of sp³-hybridized carbons (Fsp3) is 0.387. The number of H-pyrrole nitrogens is 1. The molecule has 0 saturated heterocycles. The summed E-state index contributed by atoms with van der Waals surface area (Å²) < 4.78 is 45.7. The first-order valence-corrected chi connectivity index (χ1v) is 13.4. The maximum atomic E-state index is 12.8. The van der Waals surface area contributed by atoms with Gasteiger partial charge in [-0.1, -0.05) is 63.6 Å². The maximum Gasteiger partial charge on any atom is 0.416 e. The summed E-state index contributed by atoms with van der Waals surface area (Å²) in [6.07, 6.45) is 4.76. The van der Waals surface area contributed by atoms with Gasteiger partial charge in [0, 0.05) is 43.0 Å². The van der Waals surface area contributed by atoms with Gasteiger partial charge in [0.1, 0.15) is 11.6 Å². The monoisotopic (exact) mass is 554 g/mol. The lowest BCUT2D eigenvalue weighted by molar-refractivity contribution is -0.147. The highest BCUT2D eigenvalue weighted by molar-refractivity contribution is 5.69. The summed E-state index contributed by atoms with van der Waals surface area (Å²) in [6, 6.07) is 11.9. The van der Waals surface area contributed by atoms with Crippen LogP contribution in [-0.2, 0) is 22.4 Å². The van der Waals surface area contributed by atoms with Crippen molar-refractivity contribution in [3.63, 3.8) is 0 Å². The normalized spacial score (nSPS) is 12.8. The standard InChI is InChI=1S/C19H26N2O2.C12H11F3N2/c1-5-6-10-18(22)23-13-21-12-11-20-19(21)16(4)17-9-7-8-14(2)15(17)3;1-8(11-16-6-7-17-11)9-4-2-3-5-10(9)12(13,14)15/h7-9,11-12,16H,5-6,10,13H2,1-4H3;2-8H,1H3,(H,16,17). The third-order valence-corrected chi connectivity index (χ3v) is 7.01. The van der Waals surface area contributed by atoms with Crippen LogP contribution in [0, 0.1) is 13.8 Å². The zero-order chi connectivity index (χ0) is 29.3. The van der Waals surface area contributed by atoms with E-state index in [-0.39, 0.29) is 24.2 Å². The highest BCUT2D eigenvalue weighted by Gasteiger charge is 2.34. The Labute approximate surface area is 233 Å². The molecule has 1 N–H and O–H groups in total. The number of esters is 1. The topological polar surface area (TPSA) is 72.8 Å². The number of nitrogens with zero attached hydrogens (tertiary/aromatic N) is 3. The van der Waals surface area contributed by atoms with Gasteiger partial charge in [0.2, 0.25) is 0 Å². The van der Waals surface area contributed by atoms with Gasteiger partial charge < -0.3 is 14.3 Å². The van der Waals surface area contributed by atoms with Crippen LogP contribution in [0.15, 0.2) is 67.3 Å². The molecule has 0 bridgehead atoms. The molecule has 2 unspecified atom stereocenters. The average Bonchev–Trinajstić information content (AvgIpc) is 3.64. The molecule has 0 aliphatic heterocycles. The third kappa shape index (κ3) is 7.83. The summed E-state index contributed by atoms with van der Waals surface area (Å²) in [4.78, 5) is 23.0. The number of carbonyl (C=O) groups excluding carboxylic acids is 1. The van der Waals surface area contributed by atoms with E-state index in [2.05, 4.69) is 60.8 Å². The van der Waals surface area contributed by atoms with E-state index in [0.717, 1.165) is 24.7 Å². The molecule has 4 rings (SSSR count). The number of halogens is 3. The van der Waals surface area contributed by atoms with Gasteiger partial charge >= 0.3 is 12.1 Å². The van der Waals surface area contributed by atoms with Crippen molar-refractivity contribution in [1.82, 2.24) is 19.5 Å². The number of ether oxygens (including phenoxy) is 1. The number of benzene rings is 2. The van der Waals surface area contributed by atoms with E-state index in [1.54, 1.807) is 25.4 Å².